The Morgan fingerprint density at radius 1 is 1.44 bits per heavy atom. The quantitative estimate of drug-likeness (QED) is 0.622. The van der Waals surface area contributed by atoms with Crippen molar-refractivity contribution in [2.45, 2.75) is 6.92 Å². The molecule has 0 saturated carbocycles. The zero-order valence-corrected chi connectivity index (χ0v) is 9.57. The lowest BCUT2D eigenvalue weighted by Crippen LogP contribution is -2.54. The lowest BCUT2D eigenvalue weighted by Gasteiger charge is -2.34. The number of esters is 1. The van der Waals surface area contributed by atoms with Crippen LogP contribution in [0.4, 0.5) is 0 Å². The minimum Gasteiger partial charge on any atom is -0.481 e. The van der Waals surface area contributed by atoms with Gasteiger partial charge in [-0.05, 0) is 6.92 Å². The van der Waals surface area contributed by atoms with E-state index in [-0.39, 0.29) is 19.7 Å². The standard InChI is InChI=1S/C8H13NO6S/c1-2-15-7(10)5-16(13,14)9-3-6(4-9)8(11)12/h6H,2-5H2,1H3,(H,11,12). The van der Waals surface area contributed by atoms with Crippen molar-refractivity contribution >= 4 is 22.0 Å². The number of rotatable bonds is 5. The van der Waals surface area contributed by atoms with Gasteiger partial charge in [-0.15, -0.1) is 0 Å². The molecule has 0 aromatic rings. The maximum absolute atomic E-state index is 11.5. The predicted molar refractivity (Wildman–Crippen MR) is 53.1 cm³/mol. The second kappa shape index (κ2) is 4.79. The van der Waals surface area contributed by atoms with Gasteiger partial charge in [0.15, 0.2) is 5.75 Å². The number of hydrogen-bond acceptors (Lipinski definition) is 5. The molecule has 1 heterocycles. The molecule has 0 unspecified atom stereocenters. The summed E-state index contributed by atoms with van der Waals surface area (Å²) >= 11 is 0. The SMILES string of the molecule is CCOC(=O)CS(=O)(=O)N1CC(C(=O)O)C1. The highest BCUT2D eigenvalue weighted by molar-refractivity contribution is 7.89. The Bertz CT molecular complexity index is 383. The summed E-state index contributed by atoms with van der Waals surface area (Å²) in [6.07, 6.45) is 0. The van der Waals surface area contributed by atoms with E-state index in [1.807, 2.05) is 0 Å². The predicted octanol–water partition coefficient (Wildman–Crippen LogP) is -1.10. The Labute approximate surface area is 93.0 Å². The van der Waals surface area contributed by atoms with Gasteiger partial charge in [0.05, 0.1) is 12.5 Å². The maximum atomic E-state index is 11.5. The van der Waals surface area contributed by atoms with Gasteiger partial charge < -0.3 is 9.84 Å². The number of carboxylic acid groups (broad SMARTS) is 1. The third-order valence-corrected chi connectivity index (χ3v) is 3.88. The van der Waals surface area contributed by atoms with Crippen LogP contribution in [-0.4, -0.2) is 55.2 Å². The van der Waals surface area contributed by atoms with Crippen LogP contribution in [0.25, 0.3) is 0 Å². The molecule has 0 atom stereocenters. The van der Waals surface area contributed by atoms with Crippen molar-refractivity contribution in [3.8, 4) is 0 Å². The summed E-state index contributed by atoms with van der Waals surface area (Å²) in [4.78, 5) is 21.4. The zero-order chi connectivity index (χ0) is 12.3. The Morgan fingerprint density at radius 2 is 2.00 bits per heavy atom. The van der Waals surface area contributed by atoms with Gasteiger partial charge in [-0.2, -0.15) is 4.31 Å². The van der Waals surface area contributed by atoms with Crippen LogP contribution in [0.5, 0.6) is 0 Å². The lowest BCUT2D eigenvalue weighted by atomic mass is 10.0. The van der Waals surface area contributed by atoms with Crippen LogP contribution in [0, 0.1) is 5.92 Å². The molecule has 0 aromatic carbocycles. The van der Waals surface area contributed by atoms with E-state index in [9.17, 15) is 18.0 Å². The third kappa shape index (κ3) is 2.92. The summed E-state index contributed by atoms with van der Waals surface area (Å²) in [5.74, 6) is -3.24. The lowest BCUT2D eigenvalue weighted by molar-refractivity contribution is -0.145. The molecular weight excluding hydrogens is 238 g/mol. The number of hydrogen-bond donors (Lipinski definition) is 1. The van der Waals surface area contributed by atoms with Crippen molar-refractivity contribution in [2.75, 3.05) is 25.4 Å². The van der Waals surface area contributed by atoms with Gasteiger partial charge in [-0.1, -0.05) is 0 Å². The van der Waals surface area contributed by atoms with E-state index in [2.05, 4.69) is 4.74 Å². The zero-order valence-electron chi connectivity index (χ0n) is 8.75. The first-order valence-electron chi connectivity index (χ1n) is 4.73. The third-order valence-electron chi connectivity index (χ3n) is 2.20. The molecule has 7 nitrogen and oxygen atoms in total. The number of ether oxygens (including phenoxy) is 1. The van der Waals surface area contributed by atoms with E-state index in [1.54, 1.807) is 6.92 Å². The molecule has 1 N–H and O–H groups in total. The van der Waals surface area contributed by atoms with E-state index in [1.165, 1.54) is 0 Å². The van der Waals surface area contributed by atoms with Crippen LogP contribution in [0.15, 0.2) is 0 Å². The highest BCUT2D eigenvalue weighted by atomic mass is 32.2. The van der Waals surface area contributed by atoms with Crippen molar-refractivity contribution in [3.05, 3.63) is 0 Å². The minimum atomic E-state index is -3.72. The average Bonchev–Trinajstić information content (AvgIpc) is 1.97. The fraction of sp³-hybridized carbons (Fsp3) is 0.750. The van der Waals surface area contributed by atoms with Gasteiger partial charge in [0.1, 0.15) is 0 Å². The fourth-order valence-electron chi connectivity index (χ4n) is 1.26. The molecule has 92 valence electrons. The van der Waals surface area contributed by atoms with E-state index >= 15 is 0 Å². The Balaban J connectivity index is 2.48. The molecule has 1 rings (SSSR count). The smallest absolute Gasteiger partial charge is 0.322 e. The highest BCUT2D eigenvalue weighted by Crippen LogP contribution is 2.19. The van der Waals surface area contributed by atoms with E-state index in [4.69, 9.17) is 5.11 Å². The van der Waals surface area contributed by atoms with Crippen LogP contribution in [0.2, 0.25) is 0 Å². The number of carboxylic acids is 1. The Kier molecular flexibility index (Phi) is 3.87. The highest BCUT2D eigenvalue weighted by Gasteiger charge is 2.40. The molecule has 0 bridgehead atoms. The molecule has 0 amide bonds. The summed E-state index contributed by atoms with van der Waals surface area (Å²) in [5.41, 5.74) is 0. The molecule has 1 aliphatic rings. The largest absolute Gasteiger partial charge is 0.481 e. The molecule has 0 aliphatic carbocycles. The van der Waals surface area contributed by atoms with Gasteiger partial charge in [-0.25, -0.2) is 8.42 Å². The number of nitrogens with zero attached hydrogens (tertiary/aromatic N) is 1. The van der Waals surface area contributed by atoms with Crippen molar-refractivity contribution in [3.63, 3.8) is 0 Å². The molecule has 0 aromatic heterocycles. The van der Waals surface area contributed by atoms with Crippen molar-refractivity contribution in [1.82, 2.24) is 4.31 Å². The molecule has 0 spiro atoms. The minimum absolute atomic E-state index is 0.0723. The molecule has 1 aliphatic heterocycles. The van der Waals surface area contributed by atoms with Gasteiger partial charge in [0, 0.05) is 13.1 Å². The van der Waals surface area contributed by atoms with Crippen molar-refractivity contribution in [2.24, 2.45) is 5.92 Å². The molecular formula is C8H13NO6S. The van der Waals surface area contributed by atoms with Crippen LogP contribution in [-0.2, 0) is 24.3 Å². The van der Waals surface area contributed by atoms with Crippen molar-refractivity contribution < 1.29 is 27.9 Å². The molecule has 1 fully saturated rings. The van der Waals surface area contributed by atoms with Crippen molar-refractivity contribution in [1.29, 1.82) is 0 Å². The Hall–Kier alpha value is -1.15. The van der Waals surface area contributed by atoms with Crippen LogP contribution in [0.1, 0.15) is 6.92 Å². The van der Waals surface area contributed by atoms with Gasteiger partial charge in [-0.3, -0.25) is 9.59 Å². The monoisotopic (exact) mass is 251 g/mol. The van der Waals surface area contributed by atoms with Gasteiger partial charge in [0.25, 0.3) is 0 Å². The topological polar surface area (TPSA) is 101 Å². The second-order valence-corrected chi connectivity index (χ2v) is 5.38. The number of carbonyl (C=O) groups excluding carboxylic acids is 1. The molecule has 0 radical (unpaired) electrons. The first-order valence-corrected chi connectivity index (χ1v) is 6.34. The normalized spacial score (nSPS) is 17.8. The van der Waals surface area contributed by atoms with Gasteiger partial charge >= 0.3 is 11.9 Å². The summed E-state index contributed by atoms with van der Waals surface area (Å²) in [7, 11) is -3.72. The van der Waals surface area contributed by atoms with E-state index in [0.717, 1.165) is 4.31 Å². The maximum Gasteiger partial charge on any atom is 0.322 e. The van der Waals surface area contributed by atoms with E-state index < -0.39 is 33.6 Å². The average molecular weight is 251 g/mol. The Morgan fingerprint density at radius 3 is 2.44 bits per heavy atom. The summed E-state index contributed by atoms with van der Waals surface area (Å²) in [5, 5.41) is 8.57. The van der Waals surface area contributed by atoms with Gasteiger partial charge in [0.2, 0.25) is 10.0 Å². The number of sulfonamides is 1. The summed E-state index contributed by atoms with van der Waals surface area (Å²) in [6, 6.07) is 0. The first-order chi connectivity index (χ1) is 7.36. The van der Waals surface area contributed by atoms with E-state index in [0.29, 0.717) is 0 Å². The van der Waals surface area contributed by atoms with Crippen LogP contribution < -0.4 is 0 Å². The molecule has 1 saturated heterocycles. The summed E-state index contributed by atoms with van der Waals surface area (Å²) < 4.78 is 28.5. The fourth-order valence-corrected chi connectivity index (χ4v) is 2.64. The second-order valence-electron chi connectivity index (χ2n) is 3.41. The molecule has 8 heteroatoms. The number of aliphatic carboxylic acids is 1. The first kappa shape index (κ1) is 12.9. The summed E-state index contributed by atoms with van der Waals surface area (Å²) in [6.45, 7) is 1.55. The van der Waals surface area contributed by atoms with Crippen LogP contribution in [0.3, 0.4) is 0 Å². The number of carbonyl (C=O) groups is 2. The van der Waals surface area contributed by atoms with Crippen LogP contribution >= 0.6 is 0 Å². The molecule has 16 heavy (non-hydrogen) atoms.